The molecule has 0 radical (unpaired) electrons. The van der Waals surface area contributed by atoms with E-state index in [1.54, 1.807) is 0 Å². The van der Waals surface area contributed by atoms with Crippen LogP contribution in [0.2, 0.25) is 0 Å². The summed E-state index contributed by atoms with van der Waals surface area (Å²) in [6.45, 7) is -0.00463. The minimum atomic E-state index is -4.52. The lowest BCUT2D eigenvalue weighted by molar-refractivity contribution is -0.137. The second-order valence-corrected chi connectivity index (χ2v) is 9.96. The molecule has 31 heavy (non-hydrogen) atoms. The van der Waals surface area contributed by atoms with Gasteiger partial charge in [-0.1, -0.05) is 0 Å². The lowest BCUT2D eigenvalue weighted by atomic mass is 10.1. The molecule has 2 heterocycles. The van der Waals surface area contributed by atoms with Crippen molar-refractivity contribution in [3.05, 3.63) is 52.8 Å². The first-order valence-corrected chi connectivity index (χ1v) is 11.8. The first-order chi connectivity index (χ1) is 14.5. The average molecular weight is 454 g/mol. The number of pyridine rings is 1. The number of alkyl halides is 3. The van der Waals surface area contributed by atoms with Crippen molar-refractivity contribution >= 4 is 15.7 Å². The van der Waals surface area contributed by atoms with E-state index in [0.29, 0.717) is 11.3 Å². The Kier molecular flexibility index (Phi) is 5.45. The van der Waals surface area contributed by atoms with E-state index in [2.05, 4.69) is 4.98 Å². The molecule has 6 nitrogen and oxygen atoms in total. The maximum atomic E-state index is 13.3. The number of nitrogens with zero attached hydrogens (tertiary/aromatic N) is 2. The zero-order valence-electron chi connectivity index (χ0n) is 16.8. The van der Waals surface area contributed by atoms with Crippen LogP contribution in [0.3, 0.4) is 0 Å². The van der Waals surface area contributed by atoms with Crippen LogP contribution in [0.4, 0.5) is 13.2 Å². The third-order valence-electron chi connectivity index (χ3n) is 5.58. The Morgan fingerprint density at radius 1 is 1.16 bits per heavy atom. The first-order valence-electron chi connectivity index (χ1n) is 9.87. The number of amides is 1. The highest BCUT2D eigenvalue weighted by Gasteiger charge is 2.34. The zero-order chi connectivity index (χ0) is 22.4. The van der Waals surface area contributed by atoms with Gasteiger partial charge in [0.15, 0.2) is 9.84 Å². The number of aromatic nitrogens is 1. The standard InChI is InChI=1S/C21H21F3N2O4S/c1-31(28,29)16-6-7-19(30-15-4-2-3-5-15)17(9-16)20(27)26-11-13-8-14(21(22,23)24)10-25-18(13)12-26/h6-10,15H,2-5,11-12H2,1H3. The number of hydrogen-bond donors (Lipinski definition) is 0. The molecular formula is C21H21F3N2O4S. The van der Waals surface area contributed by atoms with E-state index < -0.39 is 27.5 Å². The quantitative estimate of drug-likeness (QED) is 0.699. The molecule has 1 saturated carbocycles. The van der Waals surface area contributed by atoms with Crippen molar-refractivity contribution in [2.75, 3.05) is 6.26 Å². The number of carbonyl (C=O) groups excluding carboxylic acids is 1. The smallest absolute Gasteiger partial charge is 0.417 e. The van der Waals surface area contributed by atoms with E-state index in [-0.39, 0.29) is 35.4 Å². The molecule has 4 rings (SSSR count). The average Bonchev–Trinajstić information content (AvgIpc) is 3.35. The topological polar surface area (TPSA) is 76.6 Å². The van der Waals surface area contributed by atoms with Gasteiger partial charge in [0.05, 0.1) is 34.4 Å². The summed E-state index contributed by atoms with van der Waals surface area (Å²) < 4.78 is 69.0. The first kappa shape index (κ1) is 21.6. The van der Waals surface area contributed by atoms with Gasteiger partial charge in [0.1, 0.15) is 5.75 Å². The van der Waals surface area contributed by atoms with Crippen molar-refractivity contribution in [3.63, 3.8) is 0 Å². The Balaban J connectivity index is 1.64. The molecule has 0 saturated heterocycles. The number of benzene rings is 1. The maximum Gasteiger partial charge on any atom is 0.417 e. The van der Waals surface area contributed by atoms with Gasteiger partial charge < -0.3 is 9.64 Å². The van der Waals surface area contributed by atoms with Crippen molar-refractivity contribution in [2.24, 2.45) is 0 Å². The Morgan fingerprint density at radius 3 is 2.52 bits per heavy atom. The van der Waals surface area contributed by atoms with Gasteiger partial charge in [0, 0.05) is 19.0 Å². The second-order valence-electron chi connectivity index (χ2n) is 7.94. The van der Waals surface area contributed by atoms with Crippen LogP contribution in [0.5, 0.6) is 5.75 Å². The van der Waals surface area contributed by atoms with Crippen LogP contribution in [-0.4, -0.2) is 36.6 Å². The van der Waals surface area contributed by atoms with Gasteiger partial charge in [-0.3, -0.25) is 9.78 Å². The molecule has 0 N–H and O–H groups in total. The highest BCUT2D eigenvalue weighted by molar-refractivity contribution is 7.90. The highest BCUT2D eigenvalue weighted by atomic mass is 32.2. The molecule has 0 unspecified atom stereocenters. The van der Waals surface area contributed by atoms with Crippen LogP contribution in [0.1, 0.15) is 52.9 Å². The number of carbonyl (C=O) groups is 1. The van der Waals surface area contributed by atoms with E-state index >= 15 is 0 Å². The summed E-state index contributed by atoms with van der Waals surface area (Å²) in [4.78, 5) is 18.5. The van der Waals surface area contributed by atoms with Crippen LogP contribution in [-0.2, 0) is 29.1 Å². The molecule has 1 aliphatic heterocycles. The van der Waals surface area contributed by atoms with Gasteiger partial charge in [-0.2, -0.15) is 13.2 Å². The number of rotatable bonds is 4. The molecule has 2 aliphatic rings. The van der Waals surface area contributed by atoms with Crippen LogP contribution < -0.4 is 4.74 Å². The Morgan fingerprint density at radius 2 is 1.87 bits per heavy atom. The SMILES string of the molecule is CS(=O)(=O)c1ccc(OC2CCCC2)c(C(=O)N2Cc3cc(C(F)(F)F)cnc3C2)c1. The number of ether oxygens (including phenoxy) is 1. The van der Waals surface area contributed by atoms with E-state index in [4.69, 9.17) is 4.74 Å². The third-order valence-corrected chi connectivity index (χ3v) is 6.69. The number of fused-ring (bicyclic) bond motifs is 1. The second kappa shape index (κ2) is 7.81. The summed E-state index contributed by atoms with van der Waals surface area (Å²) in [6, 6.07) is 5.15. The normalized spacial score (nSPS) is 17.1. The summed E-state index contributed by atoms with van der Waals surface area (Å²) in [6.07, 6.45) is 0.956. The molecule has 2 aromatic rings. The van der Waals surface area contributed by atoms with Crippen molar-refractivity contribution in [1.29, 1.82) is 0 Å². The zero-order valence-corrected chi connectivity index (χ0v) is 17.6. The number of halogens is 3. The molecule has 0 spiro atoms. The van der Waals surface area contributed by atoms with Gasteiger partial charge in [-0.15, -0.1) is 0 Å². The fourth-order valence-electron chi connectivity index (χ4n) is 3.92. The van der Waals surface area contributed by atoms with Crippen molar-refractivity contribution in [3.8, 4) is 5.75 Å². The van der Waals surface area contributed by atoms with Crippen molar-refractivity contribution in [1.82, 2.24) is 9.88 Å². The molecule has 1 aromatic carbocycles. The molecule has 1 aromatic heterocycles. The summed E-state index contributed by atoms with van der Waals surface area (Å²) in [5, 5.41) is 0. The van der Waals surface area contributed by atoms with Crippen LogP contribution in [0, 0.1) is 0 Å². The maximum absolute atomic E-state index is 13.3. The molecule has 1 aliphatic carbocycles. The molecular weight excluding hydrogens is 433 g/mol. The summed E-state index contributed by atoms with van der Waals surface area (Å²) >= 11 is 0. The van der Waals surface area contributed by atoms with Crippen LogP contribution in [0.25, 0.3) is 0 Å². The van der Waals surface area contributed by atoms with Gasteiger partial charge >= 0.3 is 6.18 Å². The van der Waals surface area contributed by atoms with Gasteiger partial charge in [0.25, 0.3) is 5.91 Å². The minimum absolute atomic E-state index is 0.0242. The fourth-order valence-corrected chi connectivity index (χ4v) is 4.57. The van der Waals surface area contributed by atoms with Crippen molar-refractivity contribution in [2.45, 2.75) is 55.9 Å². The van der Waals surface area contributed by atoms with Crippen LogP contribution in [0.15, 0.2) is 35.4 Å². The lowest BCUT2D eigenvalue weighted by Crippen LogP contribution is -2.27. The summed E-state index contributed by atoms with van der Waals surface area (Å²) in [7, 11) is -3.57. The largest absolute Gasteiger partial charge is 0.490 e. The molecule has 10 heteroatoms. The monoisotopic (exact) mass is 454 g/mol. The van der Waals surface area contributed by atoms with Gasteiger partial charge in [0.2, 0.25) is 0 Å². The molecule has 0 atom stereocenters. The third kappa shape index (κ3) is 4.53. The van der Waals surface area contributed by atoms with Gasteiger partial charge in [-0.25, -0.2) is 8.42 Å². The molecule has 0 bridgehead atoms. The Labute approximate surface area is 178 Å². The van der Waals surface area contributed by atoms with Gasteiger partial charge in [-0.05, 0) is 55.5 Å². The van der Waals surface area contributed by atoms with Crippen LogP contribution >= 0.6 is 0 Å². The fraction of sp³-hybridized carbons (Fsp3) is 0.429. The number of sulfone groups is 1. The van der Waals surface area contributed by atoms with E-state index in [9.17, 15) is 26.4 Å². The Bertz CT molecular complexity index is 1130. The Hall–Kier alpha value is -2.62. The lowest BCUT2D eigenvalue weighted by Gasteiger charge is -2.20. The van der Waals surface area contributed by atoms with E-state index in [0.717, 1.165) is 44.2 Å². The summed E-state index contributed by atoms with van der Waals surface area (Å²) in [5.41, 5.74) is -0.0804. The molecule has 1 fully saturated rings. The van der Waals surface area contributed by atoms with E-state index in [1.165, 1.54) is 23.1 Å². The predicted molar refractivity (Wildman–Crippen MR) is 105 cm³/mol. The number of hydrogen-bond acceptors (Lipinski definition) is 5. The highest BCUT2D eigenvalue weighted by Crippen LogP contribution is 2.34. The minimum Gasteiger partial charge on any atom is -0.490 e. The molecule has 166 valence electrons. The molecule has 1 amide bonds. The predicted octanol–water partition coefficient (Wildman–Crippen LogP) is 3.98. The van der Waals surface area contributed by atoms with E-state index in [1.807, 2.05) is 0 Å². The van der Waals surface area contributed by atoms with Crippen molar-refractivity contribution < 1.29 is 31.1 Å². The summed E-state index contributed by atoms with van der Waals surface area (Å²) in [5.74, 6) is -0.228.